The van der Waals surface area contributed by atoms with Crippen LogP contribution in [-0.4, -0.2) is 52.2 Å². The van der Waals surface area contributed by atoms with E-state index in [1.54, 1.807) is 0 Å². The van der Waals surface area contributed by atoms with Gasteiger partial charge in [0.2, 0.25) is 0 Å². The van der Waals surface area contributed by atoms with Crippen molar-refractivity contribution in [1.82, 2.24) is 4.90 Å². The number of rotatable bonds is 5. The highest BCUT2D eigenvalue weighted by molar-refractivity contribution is 6.08. The first-order chi connectivity index (χ1) is 10.4. The van der Waals surface area contributed by atoms with Gasteiger partial charge >= 0.3 is 0 Å². The molecular formula is C15H17NO6. The molecule has 0 unspecified atom stereocenters. The maximum Gasteiger partial charge on any atom is 0.290 e. The summed E-state index contributed by atoms with van der Waals surface area (Å²) in [6, 6.07) is 3.57. The fourth-order valence-electron chi connectivity index (χ4n) is 2.56. The van der Waals surface area contributed by atoms with E-state index < -0.39 is 23.5 Å². The molecule has 7 nitrogen and oxygen atoms in total. The number of ether oxygens (including phenoxy) is 1. The number of hydrogen-bond donors (Lipinski definition) is 3. The molecule has 22 heavy (non-hydrogen) atoms. The van der Waals surface area contributed by atoms with Crippen LogP contribution in [0.4, 0.5) is 0 Å². The van der Waals surface area contributed by atoms with Crippen LogP contribution in [0.2, 0.25) is 0 Å². The highest BCUT2D eigenvalue weighted by atomic mass is 16.5. The fraction of sp³-hybridized carbons (Fsp3) is 0.333. The lowest BCUT2D eigenvalue weighted by Crippen LogP contribution is -2.33. The van der Waals surface area contributed by atoms with Crippen molar-refractivity contribution in [3.63, 3.8) is 0 Å². The van der Waals surface area contributed by atoms with Gasteiger partial charge in [-0.15, -0.1) is 0 Å². The van der Waals surface area contributed by atoms with Gasteiger partial charge in [-0.1, -0.05) is 6.07 Å². The Morgan fingerprint density at radius 3 is 2.59 bits per heavy atom. The normalized spacial score (nSPS) is 18.0. The van der Waals surface area contributed by atoms with Crippen LogP contribution in [-0.2, 0) is 9.59 Å². The smallest absolute Gasteiger partial charge is 0.290 e. The van der Waals surface area contributed by atoms with Gasteiger partial charge in [0, 0.05) is 6.54 Å². The van der Waals surface area contributed by atoms with E-state index in [2.05, 4.69) is 0 Å². The average molecular weight is 307 g/mol. The first-order valence-electron chi connectivity index (χ1n) is 6.65. The van der Waals surface area contributed by atoms with E-state index in [1.165, 1.54) is 37.1 Å². The van der Waals surface area contributed by atoms with Crippen molar-refractivity contribution in [2.24, 2.45) is 0 Å². The second-order valence-corrected chi connectivity index (χ2v) is 4.87. The molecule has 1 atom stereocenters. The van der Waals surface area contributed by atoms with Crippen LogP contribution >= 0.6 is 0 Å². The van der Waals surface area contributed by atoms with E-state index in [0.717, 1.165) is 0 Å². The Morgan fingerprint density at radius 1 is 1.36 bits per heavy atom. The summed E-state index contributed by atoms with van der Waals surface area (Å²) < 4.78 is 5.02. The maximum absolute atomic E-state index is 12.1. The van der Waals surface area contributed by atoms with Crippen LogP contribution in [0.1, 0.15) is 18.5 Å². The highest BCUT2D eigenvalue weighted by Crippen LogP contribution is 2.40. The molecule has 3 N–H and O–H groups in total. The monoisotopic (exact) mass is 307 g/mol. The van der Waals surface area contributed by atoms with Crippen LogP contribution < -0.4 is 4.74 Å². The molecule has 1 heterocycles. The molecule has 0 aromatic heterocycles. The summed E-state index contributed by atoms with van der Waals surface area (Å²) in [7, 11) is 1.38. The standard InChI is InChI=1S/C15H17NO6/c1-8(18)12-13(16(5-6-17)15(21)14(12)20)9-3-4-10(19)11(7-9)22-2/h3-4,7,13,17,19-20H,5-6H2,1-2H3/t13-/m0/s1. The number of benzene rings is 1. The number of carbonyl (C=O) groups excluding carboxylic acids is 2. The molecule has 0 saturated carbocycles. The number of amides is 1. The van der Waals surface area contributed by atoms with Gasteiger partial charge in [-0.25, -0.2) is 0 Å². The number of Topliss-reactive ketones (excluding diaryl/α,β-unsaturated/α-hetero) is 1. The van der Waals surface area contributed by atoms with Crippen LogP contribution in [0.3, 0.4) is 0 Å². The van der Waals surface area contributed by atoms with Crippen LogP contribution in [0.15, 0.2) is 29.5 Å². The summed E-state index contributed by atoms with van der Waals surface area (Å²) in [6.45, 7) is 0.912. The zero-order chi connectivity index (χ0) is 16.4. The number of aromatic hydroxyl groups is 1. The lowest BCUT2D eigenvalue weighted by atomic mass is 9.96. The van der Waals surface area contributed by atoms with Crippen LogP contribution in [0, 0.1) is 0 Å². The summed E-state index contributed by atoms with van der Waals surface area (Å²) in [4.78, 5) is 25.1. The molecule has 1 aliphatic heterocycles. The number of aliphatic hydroxyl groups is 2. The Morgan fingerprint density at radius 2 is 2.05 bits per heavy atom. The largest absolute Gasteiger partial charge is 0.504 e. The molecule has 0 bridgehead atoms. The molecule has 118 valence electrons. The van der Waals surface area contributed by atoms with Crippen molar-refractivity contribution in [3.05, 3.63) is 35.1 Å². The van der Waals surface area contributed by atoms with Crippen molar-refractivity contribution in [3.8, 4) is 11.5 Å². The molecule has 1 aliphatic rings. The van der Waals surface area contributed by atoms with E-state index >= 15 is 0 Å². The number of β-amino-alcohol motifs (C(OH)–C–C–N with tert-alkyl or cyclic N) is 1. The third-order valence-electron chi connectivity index (χ3n) is 3.54. The van der Waals surface area contributed by atoms with Crippen molar-refractivity contribution in [2.75, 3.05) is 20.3 Å². The minimum atomic E-state index is -0.827. The molecule has 0 radical (unpaired) electrons. The number of aliphatic hydroxyl groups excluding tert-OH is 2. The Labute approximate surface area is 127 Å². The predicted molar refractivity (Wildman–Crippen MR) is 76.5 cm³/mol. The van der Waals surface area contributed by atoms with Crippen LogP contribution in [0.5, 0.6) is 11.5 Å². The van der Waals surface area contributed by atoms with Gasteiger partial charge < -0.3 is 25.0 Å². The molecule has 1 aromatic carbocycles. The molecular weight excluding hydrogens is 290 g/mol. The molecule has 1 amide bonds. The highest BCUT2D eigenvalue weighted by Gasteiger charge is 2.42. The molecule has 0 aliphatic carbocycles. The van der Waals surface area contributed by atoms with Gasteiger partial charge in [-0.2, -0.15) is 0 Å². The third kappa shape index (κ3) is 2.50. The Hall–Kier alpha value is -2.54. The average Bonchev–Trinajstić information content (AvgIpc) is 2.73. The van der Waals surface area contributed by atoms with E-state index in [1.807, 2.05) is 0 Å². The number of phenols is 1. The SMILES string of the molecule is COc1cc([C@H]2C(C(C)=O)=C(O)C(=O)N2CCO)ccc1O. The van der Waals surface area contributed by atoms with E-state index in [-0.39, 0.29) is 30.2 Å². The number of nitrogens with zero attached hydrogens (tertiary/aromatic N) is 1. The third-order valence-corrected chi connectivity index (χ3v) is 3.54. The lowest BCUT2D eigenvalue weighted by molar-refractivity contribution is -0.129. The van der Waals surface area contributed by atoms with Crippen molar-refractivity contribution < 1.29 is 29.6 Å². The Bertz CT molecular complexity index is 651. The second kappa shape index (κ2) is 6.07. The van der Waals surface area contributed by atoms with Crippen LogP contribution in [0.25, 0.3) is 0 Å². The zero-order valence-corrected chi connectivity index (χ0v) is 12.2. The summed E-state index contributed by atoms with van der Waals surface area (Å²) in [5, 5.41) is 28.7. The number of methoxy groups -OCH3 is 1. The summed E-state index contributed by atoms with van der Waals surface area (Å²) in [5.74, 6) is -1.66. The Balaban J connectivity index is 2.57. The molecule has 1 aromatic rings. The maximum atomic E-state index is 12.1. The molecule has 0 saturated heterocycles. The van der Waals surface area contributed by atoms with Gasteiger partial charge in [0.25, 0.3) is 5.91 Å². The van der Waals surface area contributed by atoms with Gasteiger partial charge in [0.05, 0.1) is 25.3 Å². The fourth-order valence-corrected chi connectivity index (χ4v) is 2.56. The number of carbonyl (C=O) groups is 2. The quantitative estimate of drug-likeness (QED) is 0.738. The summed E-state index contributed by atoms with van der Waals surface area (Å²) >= 11 is 0. The molecule has 7 heteroatoms. The topological polar surface area (TPSA) is 107 Å². The number of phenolic OH excluding ortho intramolecular Hbond substituents is 1. The van der Waals surface area contributed by atoms with E-state index in [9.17, 15) is 19.8 Å². The van der Waals surface area contributed by atoms with Crippen molar-refractivity contribution >= 4 is 11.7 Å². The molecule has 2 rings (SSSR count). The van der Waals surface area contributed by atoms with Gasteiger partial charge in [0.1, 0.15) is 0 Å². The first kappa shape index (κ1) is 15.8. The van der Waals surface area contributed by atoms with E-state index in [4.69, 9.17) is 9.84 Å². The molecule has 0 fully saturated rings. The van der Waals surface area contributed by atoms with E-state index in [0.29, 0.717) is 5.56 Å². The predicted octanol–water partition coefficient (Wildman–Crippen LogP) is 0.677. The van der Waals surface area contributed by atoms with Gasteiger partial charge in [0.15, 0.2) is 23.0 Å². The summed E-state index contributed by atoms with van der Waals surface area (Å²) in [5.41, 5.74) is 0.455. The lowest BCUT2D eigenvalue weighted by Gasteiger charge is -2.26. The van der Waals surface area contributed by atoms with Crippen molar-refractivity contribution in [2.45, 2.75) is 13.0 Å². The minimum Gasteiger partial charge on any atom is -0.504 e. The minimum absolute atomic E-state index is 0.0342. The summed E-state index contributed by atoms with van der Waals surface area (Å²) in [6.07, 6.45) is 0. The first-order valence-corrected chi connectivity index (χ1v) is 6.65. The Kier molecular flexibility index (Phi) is 4.37. The second-order valence-electron chi connectivity index (χ2n) is 4.87. The zero-order valence-electron chi connectivity index (χ0n) is 12.2. The van der Waals surface area contributed by atoms with Crippen molar-refractivity contribution in [1.29, 1.82) is 0 Å². The van der Waals surface area contributed by atoms with Gasteiger partial charge in [-0.05, 0) is 24.6 Å². The van der Waals surface area contributed by atoms with Gasteiger partial charge in [-0.3, -0.25) is 9.59 Å². The molecule has 0 spiro atoms. The number of hydrogen-bond acceptors (Lipinski definition) is 6. The number of ketones is 1.